The second kappa shape index (κ2) is 5.60. The van der Waals surface area contributed by atoms with Gasteiger partial charge in [-0.15, -0.1) is 5.10 Å². The third-order valence-electron chi connectivity index (χ3n) is 2.90. The zero-order valence-corrected chi connectivity index (χ0v) is 11.1. The van der Waals surface area contributed by atoms with Crippen molar-refractivity contribution in [1.29, 1.82) is 0 Å². The minimum absolute atomic E-state index is 0.254. The van der Waals surface area contributed by atoms with Crippen molar-refractivity contribution in [3.05, 3.63) is 42.1 Å². The number of nitrogens with zero attached hydrogens (tertiary/aromatic N) is 4. The summed E-state index contributed by atoms with van der Waals surface area (Å²) in [6, 6.07) is 4.96. The van der Waals surface area contributed by atoms with Crippen LogP contribution in [-0.4, -0.2) is 26.4 Å². The highest BCUT2D eigenvalue weighted by molar-refractivity contribution is 5.78. The summed E-state index contributed by atoms with van der Waals surface area (Å²) in [4.78, 5) is 8.41. The molecule has 0 aliphatic rings. The lowest BCUT2D eigenvalue weighted by Gasteiger charge is -2.04. The first kappa shape index (κ1) is 14.3. The third kappa shape index (κ3) is 2.70. The molecule has 114 valence electrons. The fourth-order valence-electron chi connectivity index (χ4n) is 1.91. The number of ether oxygens (including phenoxy) is 1. The number of alkyl halides is 2. The van der Waals surface area contributed by atoms with Gasteiger partial charge < -0.3 is 10.5 Å². The fraction of sp³-hybridized carbons (Fsp3) is 0.154. The number of nitrogens with two attached hydrogens (primary N) is 1. The van der Waals surface area contributed by atoms with E-state index in [1.165, 1.54) is 0 Å². The van der Waals surface area contributed by atoms with Gasteiger partial charge in [0.15, 0.2) is 5.82 Å². The van der Waals surface area contributed by atoms with E-state index in [0.717, 1.165) is 16.3 Å². The first-order chi connectivity index (χ1) is 10.6. The predicted molar refractivity (Wildman–Crippen MR) is 71.1 cm³/mol. The van der Waals surface area contributed by atoms with Crippen molar-refractivity contribution in [1.82, 2.24) is 19.7 Å². The molecule has 22 heavy (non-hydrogen) atoms. The molecule has 0 aromatic carbocycles. The van der Waals surface area contributed by atoms with Crippen molar-refractivity contribution >= 4 is 10.9 Å². The maximum atomic E-state index is 13.5. The molecule has 0 fully saturated rings. The Morgan fingerprint density at radius 1 is 1.32 bits per heavy atom. The normalized spacial score (nSPS) is 11.3. The molecular formula is C13H10F3N5O. The summed E-state index contributed by atoms with van der Waals surface area (Å²) < 4.78 is 42.8. The predicted octanol–water partition coefficient (Wildman–Crippen LogP) is 2.01. The van der Waals surface area contributed by atoms with Gasteiger partial charge in [-0.2, -0.15) is 13.2 Å². The minimum atomic E-state index is -3.15. The van der Waals surface area contributed by atoms with E-state index in [2.05, 4.69) is 19.8 Å². The summed E-state index contributed by atoms with van der Waals surface area (Å²) in [6.07, 6.45) is 2.53. The van der Waals surface area contributed by atoms with Crippen LogP contribution in [0.3, 0.4) is 0 Å². The van der Waals surface area contributed by atoms with Gasteiger partial charge in [0.25, 0.3) is 5.88 Å². The first-order valence-electron chi connectivity index (χ1n) is 6.23. The zero-order chi connectivity index (χ0) is 15.7. The first-order valence-corrected chi connectivity index (χ1v) is 6.23. The molecule has 3 rings (SSSR count). The number of pyridine rings is 2. The van der Waals surface area contributed by atoms with Crippen LogP contribution >= 0.6 is 0 Å². The number of fused-ring (bicyclic) bond motifs is 1. The van der Waals surface area contributed by atoms with Gasteiger partial charge in [-0.25, -0.2) is 9.67 Å². The van der Waals surface area contributed by atoms with Gasteiger partial charge in [0.2, 0.25) is 5.82 Å². The fourth-order valence-corrected chi connectivity index (χ4v) is 1.91. The smallest absolute Gasteiger partial charge is 0.388 e. The molecule has 3 heterocycles. The number of hydrogen-bond acceptors (Lipinski definition) is 5. The van der Waals surface area contributed by atoms with E-state index in [1.54, 1.807) is 24.4 Å². The molecule has 2 N–H and O–H groups in total. The molecule has 0 saturated heterocycles. The van der Waals surface area contributed by atoms with Crippen LogP contribution < -0.4 is 10.5 Å². The molecular weight excluding hydrogens is 299 g/mol. The second-order valence-electron chi connectivity index (χ2n) is 4.35. The lowest BCUT2D eigenvalue weighted by atomic mass is 10.2. The maximum absolute atomic E-state index is 13.5. The van der Waals surface area contributed by atoms with Crippen molar-refractivity contribution in [3.8, 4) is 11.7 Å². The summed E-state index contributed by atoms with van der Waals surface area (Å²) in [5, 5.41) is 4.37. The molecule has 0 spiro atoms. The Bertz CT molecular complexity index is 821. The van der Waals surface area contributed by atoms with E-state index in [4.69, 9.17) is 5.73 Å². The standard InChI is InChI=1S/C13H10F3N5O/c14-9-6-21(20-12(9)22-13(15)16)11-2-1-7-5-18-8(4-17)3-10(7)19-11/h1-3,5-6,13H,4,17H2. The van der Waals surface area contributed by atoms with Crippen molar-refractivity contribution < 1.29 is 17.9 Å². The van der Waals surface area contributed by atoms with E-state index in [9.17, 15) is 13.2 Å². The Morgan fingerprint density at radius 3 is 2.86 bits per heavy atom. The SMILES string of the molecule is NCc1cc2nc(-n3cc(F)c(OC(F)F)n3)ccc2cn1. The molecule has 9 heteroatoms. The summed E-state index contributed by atoms with van der Waals surface area (Å²) in [5.41, 5.74) is 6.74. The van der Waals surface area contributed by atoms with Gasteiger partial charge in [0.1, 0.15) is 0 Å². The number of halogens is 3. The molecule has 0 unspecified atom stereocenters. The Labute approximate surface area is 122 Å². The van der Waals surface area contributed by atoms with Gasteiger partial charge >= 0.3 is 6.61 Å². The lowest BCUT2D eigenvalue weighted by molar-refractivity contribution is -0.0553. The van der Waals surface area contributed by atoms with E-state index < -0.39 is 18.3 Å². The molecule has 0 bridgehead atoms. The van der Waals surface area contributed by atoms with Crippen LogP contribution in [0, 0.1) is 5.82 Å². The number of hydrogen-bond donors (Lipinski definition) is 1. The maximum Gasteiger partial charge on any atom is 0.388 e. The molecule has 0 amide bonds. The van der Waals surface area contributed by atoms with E-state index in [1.807, 2.05) is 0 Å². The number of rotatable bonds is 4. The largest absolute Gasteiger partial charge is 0.413 e. The van der Waals surface area contributed by atoms with Crippen molar-refractivity contribution in [2.75, 3.05) is 0 Å². The second-order valence-corrected chi connectivity index (χ2v) is 4.35. The molecule has 0 aliphatic carbocycles. The quantitative estimate of drug-likeness (QED) is 0.797. The molecule has 0 atom stereocenters. The van der Waals surface area contributed by atoms with E-state index in [0.29, 0.717) is 11.2 Å². The molecule has 6 nitrogen and oxygen atoms in total. The van der Waals surface area contributed by atoms with Gasteiger partial charge in [-0.05, 0) is 18.2 Å². The monoisotopic (exact) mass is 309 g/mol. The minimum Gasteiger partial charge on any atom is -0.413 e. The van der Waals surface area contributed by atoms with Crippen LogP contribution in [0.25, 0.3) is 16.7 Å². The van der Waals surface area contributed by atoms with Crippen LogP contribution in [0.4, 0.5) is 13.2 Å². The highest BCUT2D eigenvalue weighted by Gasteiger charge is 2.16. The Hall–Kier alpha value is -2.68. The molecule has 0 saturated carbocycles. The van der Waals surface area contributed by atoms with E-state index >= 15 is 0 Å². The Morgan fingerprint density at radius 2 is 2.14 bits per heavy atom. The summed E-state index contributed by atoms with van der Waals surface area (Å²) in [7, 11) is 0. The zero-order valence-electron chi connectivity index (χ0n) is 11.1. The van der Waals surface area contributed by atoms with Crippen molar-refractivity contribution in [2.24, 2.45) is 5.73 Å². The summed E-state index contributed by atoms with van der Waals surface area (Å²) in [5.74, 6) is -1.53. The van der Waals surface area contributed by atoms with Gasteiger partial charge in [-0.3, -0.25) is 4.98 Å². The van der Waals surface area contributed by atoms with Crippen LogP contribution in [-0.2, 0) is 6.54 Å². The van der Waals surface area contributed by atoms with Crippen molar-refractivity contribution in [3.63, 3.8) is 0 Å². The van der Waals surface area contributed by atoms with Crippen LogP contribution in [0.2, 0.25) is 0 Å². The lowest BCUT2D eigenvalue weighted by Crippen LogP contribution is -2.05. The highest BCUT2D eigenvalue weighted by atomic mass is 19.3. The van der Waals surface area contributed by atoms with Crippen molar-refractivity contribution in [2.45, 2.75) is 13.2 Å². The van der Waals surface area contributed by atoms with Crippen LogP contribution in [0.1, 0.15) is 5.69 Å². The Balaban J connectivity index is 2.02. The highest BCUT2D eigenvalue weighted by Crippen LogP contribution is 2.20. The average molecular weight is 309 g/mol. The third-order valence-corrected chi connectivity index (χ3v) is 2.90. The summed E-state index contributed by atoms with van der Waals surface area (Å²) >= 11 is 0. The average Bonchev–Trinajstić information content (AvgIpc) is 2.86. The number of aromatic nitrogens is 4. The van der Waals surface area contributed by atoms with Gasteiger partial charge in [-0.1, -0.05) is 0 Å². The van der Waals surface area contributed by atoms with E-state index in [-0.39, 0.29) is 12.4 Å². The van der Waals surface area contributed by atoms with Crippen LogP contribution in [0.15, 0.2) is 30.6 Å². The summed E-state index contributed by atoms with van der Waals surface area (Å²) in [6.45, 7) is -2.90. The molecule has 0 aliphatic heterocycles. The Kier molecular flexibility index (Phi) is 3.63. The van der Waals surface area contributed by atoms with Gasteiger partial charge in [0.05, 0.1) is 17.4 Å². The molecule has 3 aromatic rings. The molecule has 3 aromatic heterocycles. The van der Waals surface area contributed by atoms with Crippen LogP contribution in [0.5, 0.6) is 5.88 Å². The topological polar surface area (TPSA) is 78.8 Å². The van der Waals surface area contributed by atoms with Gasteiger partial charge in [0, 0.05) is 18.1 Å². The molecule has 0 radical (unpaired) electrons.